The van der Waals surface area contributed by atoms with E-state index in [0.717, 1.165) is 51.2 Å². The minimum Gasteiger partial charge on any atom is -0.377 e. The number of carbonyl (C=O) groups excluding carboxylic acids is 1. The van der Waals surface area contributed by atoms with Crippen molar-refractivity contribution in [2.75, 3.05) is 26.2 Å². The lowest BCUT2D eigenvalue weighted by atomic mass is 9.99. The Morgan fingerprint density at radius 1 is 1.07 bits per heavy atom. The first kappa shape index (κ1) is 18.2. The maximum Gasteiger partial charge on any atom is 0.253 e. The molecule has 4 rings (SSSR count). The summed E-state index contributed by atoms with van der Waals surface area (Å²) >= 11 is 0. The highest BCUT2D eigenvalue weighted by Crippen LogP contribution is 2.20. The number of ether oxygens (including phenoxy) is 1. The molecule has 1 amide bonds. The Labute approximate surface area is 161 Å². The van der Waals surface area contributed by atoms with Crippen molar-refractivity contribution in [3.63, 3.8) is 0 Å². The third kappa shape index (κ3) is 4.40. The molecule has 4 nitrogen and oxygen atoms in total. The molecule has 0 radical (unpaired) electrons. The third-order valence-corrected chi connectivity index (χ3v) is 5.56. The number of amides is 1. The normalized spacial score (nSPS) is 20.8. The fourth-order valence-corrected chi connectivity index (χ4v) is 4.06. The summed E-state index contributed by atoms with van der Waals surface area (Å²) in [4.78, 5) is 17.2. The van der Waals surface area contributed by atoms with E-state index in [1.807, 2.05) is 24.0 Å². The minimum atomic E-state index is 0.109. The summed E-state index contributed by atoms with van der Waals surface area (Å²) in [5, 5.41) is 0. The molecular weight excluding hydrogens is 336 g/mol. The van der Waals surface area contributed by atoms with Crippen LogP contribution < -0.4 is 0 Å². The smallest absolute Gasteiger partial charge is 0.253 e. The van der Waals surface area contributed by atoms with Gasteiger partial charge >= 0.3 is 0 Å². The molecule has 2 aliphatic heterocycles. The van der Waals surface area contributed by atoms with Crippen LogP contribution in [0.15, 0.2) is 48.5 Å². The van der Waals surface area contributed by atoms with Crippen molar-refractivity contribution in [3.8, 4) is 0 Å². The summed E-state index contributed by atoms with van der Waals surface area (Å²) in [6.07, 6.45) is 2.13. The lowest BCUT2D eigenvalue weighted by molar-refractivity contribution is 0.0562. The largest absolute Gasteiger partial charge is 0.377 e. The monoisotopic (exact) mass is 364 g/mol. The summed E-state index contributed by atoms with van der Waals surface area (Å²) in [5.74, 6) is 0.116. The van der Waals surface area contributed by atoms with E-state index < -0.39 is 0 Å². The van der Waals surface area contributed by atoms with Crippen molar-refractivity contribution >= 4 is 5.91 Å². The van der Waals surface area contributed by atoms with E-state index in [9.17, 15) is 4.79 Å². The minimum absolute atomic E-state index is 0.109. The second-order valence-corrected chi connectivity index (χ2v) is 7.71. The van der Waals surface area contributed by atoms with Crippen LogP contribution in [-0.4, -0.2) is 48.1 Å². The van der Waals surface area contributed by atoms with Crippen LogP contribution >= 0.6 is 0 Å². The molecule has 2 aromatic rings. The number of fused-ring (bicyclic) bond motifs is 1. The van der Waals surface area contributed by atoms with Gasteiger partial charge in [-0.15, -0.1) is 0 Å². The molecule has 0 bridgehead atoms. The van der Waals surface area contributed by atoms with Crippen LogP contribution in [0.5, 0.6) is 0 Å². The fraction of sp³-hybridized carbons (Fsp3) is 0.435. The number of carbonyl (C=O) groups is 1. The van der Waals surface area contributed by atoms with E-state index in [0.29, 0.717) is 6.54 Å². The van der Waals surface area contributed by atoms with E-state index in [1.54, 1.807) is 0 Å². The molecule has 27 heavy (non-hydrogen) atoms. The van der Waals surface area contributed by atoms with Crippen LogP contribution in [-0.2, 0) is 24.2 Å². The Morgan fingerprint density at radius 3 is 2.67 bits per heavy atom. The molecule has 2 aromatic carbocycles. The van der Waals surface area contributed by atoms with Gasteiger partial charge in [-0.25, -0.2) is 0 Å². The Kier molecular flexibility index (Phi) is 5.55. The molecule has 1 atom stereocenters. The van der Waals surface area contributed by atoms with Gasteiger partial charge in [0.05, 0.1) is 6.10 Å². The van der Waals surface area contributed by atoms with E-state index in [-0.39, 0.29) is 12.0 Å². The number of hydrogen-bond donors (Lipinski definition) is 0. The summed E-state index contributed by atoms with van der Waals surface area (Å²) < 4.78 is 5.65. The van der Waals surface area contributed by atoms with E-state index in [2.05, 4.69) is 41.3 Å². The molecule has 0 aromatic heterocycles. The highest BCUT2D eigenvalue weighted by Gasteiger charge is 2.21. The molecular formula is C23H28N2O2. The molecule has 1 fully saturated rings. The maximum atomic E-state index is 12.8. The van der Waals surface area contributed by atoms with E-state index >= 15 is 0 Å². The maximum absolute atomic E-state index is 12.8. The van der Waals surface area contributed by atoms with Crippen molar-refractivity contribution in [3.05, 3.63) is 70.8 Å². The first-order valence-electron chi connectivity index (χ1n) is 9.98. The van der Waals surface area contributed by atoms with Crippen LogP contribution in [0.3, 0.4) is 0 Å². The first-order valence-corrected chi connectivity index (χ1v) is 9.98. The molecule has 4 heteroatoms. The Balaban J connectivity index is 1.38. The number of benzene rings is 2. The summed E-state index contributed by atoms with van der Waals surface area (Å²) in [6, 6.07) is 16.9. The first-order chi connectivity index (χ1) is 13.2. The van der Waals surface area contributed by atoms with E-state index in [1.165, 1.54) is 16.7 Å². The molecule has 2 heterocycles. The van der Waals surface area contributed by atoms with Crippen LogP contribution in [0, 0.1) is 0 Å². The van der Waals surface area contributed by atoms with Gasteiger partial charge in [-0.1, -0.05) is 36.4 Å². The molecule has 0 aliphatic carbocycles. The number of nitrogens with zero attached hydrogens (tertiary/aromatic N) is 2. The lowest BCUT2D eigenvalue weighted by Crippen LogP contribution is -2.35. The standard InChI is InChI=1S/C23H28N2O2/c1-18-15-25(12-4-14-27-18)23(26)21-9-7-19(8-10-21)16-24-13-11-20-5-2-3-6-22(20)17-24/h2-3,5-10,18H,4,11-17H2,1H3/t18-/m0/s1. The zero-order chi connectivity index (χ0) is 18.6. The SMILES string of the molecule is C[C@H]1CN(C(=O)c2ccc(CN3CCc4ccccc4C3)cc2)CCCO1. The van der Waals surface area contributed by atoms with Gasteiger partial charge in [0, 0.05) is 44.9 Å². The van der Waals surface area contributed by atoms with Gasteiger partial charge in [0.15, 0.2) is 0 Å². The van der Waals surface area contributed by atoms with Crippen molar-refractivity contribution < 1.29 is 9.53 Å². The Bertz CT molecular complexity index is 787. The lowest BCUT2D eigenvalue weighted by Gasteiger charge is -2.28. The van der Waals surface area contributed by atoms with Crippen molar-refractivity contribution in [2.24, 2.45) is 0 Å². The fourth-order valence-electron chi connectivity index (χ4n) is 4.06. The second-order valence-electron chi connectivity index (χ2n) is 7.71. The van der Waals surface area contributed by atoms with Gasteiger partial charge in [-0.2, -0.15) is 0 Å². The highest BCUT2D eigenvalue weighted by atomic mass is 16.5. The summed E-state index contributed by atoms with van der Waals surface area (Å²) in [6.45, 7) is 7.24. The zero-order valence-electron chi connectivity index (χ0n) is 16.1. The van der Waals surface area contributed by atoms with Crippen molar-refractivity contribution in [1.29, 1.82) is 0 Å². The molecule has 0 saturated carbocycles. The second kappa shape index (κ2) is 8.24. The van der Waals surface area contributed by atoms with Gasteiger partial charge in [-0.3, -0.25) is 9.69 Å². The molecule has 0 spiro atoms. The van der Waals surface area contributed by atoms with Gasteiger partial charge < -0.3 is 9.64 Å². The van der Waals surface area contributed by atoms with Crippen LogP contribution in [0.1, 0.15) is 40.4 Å². The Morgan fingerprint density at radius 2 is 1.85 bits per heavy atom. The number of hydrogen-bond acceptors (Lipinski definition) is 3. The third-order valence-electron chi connectivity index (χ3n) is 5.56. The molecule has 1 saturated heterocycles. The summed E-state index contributed by atoms with van der Waals surface area (Å²) in [7, 11) is 0. The topological polar surface area (TPSA) is 32.8 Å². The predicted octanol–water partition coefficient (Wildman–Crippen LogP) is 3.50. The van der Waals surface area contributed by atoms with Gasteiger partial charge in [-0.05, 0) is 48.6 Å². The molecule has 0 unspecified atom stereocenters. The van der Waals surface area contributed by atoms with Gasteiger partial charge in [0.2, 0.25) is 0 Å². The quantitative estimate of drug-likeness (QED) is 0.836. The van der Waals surface area contributed by atoms with Gasteiger partial charge in [0.25, 0.3) is 5.91 Å². The van der Waals surface area contributed by atoms with Crippen LogP contribution in [0.25, 0.3) is 0 Å². The number of rotatable bonds is 3. The average Bonchev–Trinajstić information content (AvgIpc) is 2.92. The zero-order valence-corrected chi connectivity index (χ0v) is 16.1. The average molecular weight is 364 g/mol. The van der Waals surface area contributed by atoms with Crippen molar-refractivity contribution in [1.82, 2.24) is 9.80 Å². The summed E-state index contributed by atoms with van der Waals surface area (Å²) in [5.41, 5.74) is 4.95. The predicted molar refractivity (Wildman–Crippen MR) is 107 cm³/mol. The van der Waals surface area contributed by atoms with E-state index in [4.69, 9.17) is 4.74 Å². The molecule has 2 aliphatic rings. The van der Waals surface area contributed by atoms with Crippen LogP contribution in [0.4, 0.5) is 0 Å². The highest BCUT2D eigenvalue weighted by molar-refractivity contribution is 5.94. The molecule has 0 N–H and O–H groups in total. The van der Waals surface area contributed by atoms with Crippen molar-refractivity contribution in [2.45, 2.75) is 39.0 Å². The Hall–Kier alpha value is -2.17. The van der Waals surface area contributed by atoms with Gasteiger partial charge in [0.1, 0.15) is 0 Å². The van der Waals surface area contributed by atoms with Crippen LogP contribution in [0.2, 0.25) is 0 Å². The molecule has 142 valence electrons.